The van der Waals surface area contributed by atoms with E-state index in [0.29, 0.717) is 18.8 Å². The SMILES string of the molecule is Cc1ccc(-c2csc3ncnc(OCC(=O)NCCc4ccc(F)cc4)c23)cc1. The van der Waals surface area contributed by atoms with Gasteiger partial charge in [0.15, 0.2) is 6.61 Å². The number of hydrogen-bond donors (Lipinski definition) is 1. The third kappa shape index (κ3) is 4.63. The van der Waals surface area contributed by atoms with Crippen LogP contribution in [0.2, 0.25) is 0 Å². The van der Waals surface area contributed by atoms with Gasteiger partial charge in [-0.25, -0.2) is 14.4 Å². The summed E-state index contributed by atoms with van der Waals surface area (Å²) in [7, 11) is 0. The number of ether oxygens (including phenoxy) is 1. The maximum Gasteiger partial charge on any atom is 0.258 e. The fourth-order valence-electron chi connectivity index (χ4n) is 3.08. The van der Waals surface area contributed by atoms with Crippen molar-refractivity contribution in [3.8, 4) is 17.0 Å². The molecule has 0 aliphatic rings. The number of fused-ring (bicyclic) bond motifs is 1. The van der Waals surface area contributed by atoms with E-state index < -0.39 is 0 Å². The van der Waals surface area contributed by atoms with Crippen LogP contribution >= 0.6 is 11.3 Å². The van der Waals surface area contributed by atoms with Crippen LogP contribution in [0.4, 0.5) is 4.39 Å². The second-order valence-electron chi connectivity index (χ2n) is 6.89. The number of amides is 1. The summed E-state index contributed by atoms with van der Waals surface area (Å²) in [5.74, 6) is -0.118. The van der Waals surface area contributed by atoms with Crippen molar-refractivity contribution >= 4 is 27.5 Å². The van der Waals surface area contributed by atoms with E-state index >= 15 is 0 Å². The number of aromatic nitrogens is 2. The van der Waals surface area contributed by atoms with Crippen LogP contribution in [-0.4, -0.2) is 29.0 Å². The van der Waals surface area contributed by atoms with Gasteiger partial charge in [-0.1, -0.05) is 42.0 Å². The van der Waals surface area contributed by atoms with Gasteiger partial charge in [0, 0.05) is 17.5 Å². The lowest BCUT2D eigenvalue weighted by atomic mass is 10.0. The molecule has 2 aromatic carbocycles. The number of rotatable bonds is 7. The highest BCUT2D eigenvalue weighted by Gasteiger charge is 2.15. The summed E-state index contributed by atoms with van der Waals surface area (Å²) < 4.78 is 18.7. The largest absolute Gasteiger partial charge is 0.467 e. The molecule has 30 heavy (non-hydrogen) atoms. The van der Waals surface area contributed by atoms with Crippen molar-refractivity contribution in [2.75, 3.05) is 13.2 Å². The van der Waals surface area contributed by atoms with Crippen molar-refractivity contribution in [2.24, 2.45) is 0 Å². The monoisotopic (exact) mass is 421 g/mol. The van der Waals surface area contributed by atoms with Crippen LogP contribution in [0.5, 0.6) is 5.88 Å². The van der Waals surface area contributed by atoms with Gasteiger partial charge in [0.05, 0.1) is 5.39 Å². The van der Waals surface area contributed by atoms with Crippen molar-refractivity contribution in [1.29, 1.82) is 0 Å². The van der Waals surface area contributed by atoms with E-state index in [2.05, 4.69) is 39.6 Å². The summed E-state index contributed by atoms with van der Waals surface area (Å²) in [5, 5.41) is 5.65. The van der Waals surface area contributed by atoms with E-state index in [1.807, 2.05) is 12.3 Å². The van der Waals surface area contributed by atoms with Gasteiger partial charge in [0.1, 0.15) is 17.0 Å². The maximum absolute atomic E-state index is 12.9. The Morgan fingerprint density at radius 2 is 1.87 bits per heavy atom. The van der Waals surface area contributed by atoms with Crippen molar-refractivity contribution in [1.82, 2.24) is 15.3 Å². The number of thiophene rings is 1. The molecule has 4 rings (SSSR count). The number of benzene rings is 2. The summed E-state index contributed by atoms with van der Waals surface area (Å²) in [4.78, 5) is 21.6. The van der Waals surface area contributed by atoms with Crippen LogP contribution in [0.3, 0.4) is 0 Å². The number of halogens is 1. The van der Waals surface area contributed by atoms with Gasteiger partial charge in [-0.3, -0.25) is 4.79 Å². The Kier molecular flexibility index (Phi) is 5.99. The predicted octanol–water partition coefficient (Wildman–Crippen LogP) is 4.54. The standard InChI is InChI=1S/C23H20FN3O2S/c1-15-2-6-17(7-3-15)19-13-30-23-21(19)22(26-14-27-23)29-12-20(28)25-11-10-16-4-8-18(24)9-5-16/h2-9,13-14H,10-12H2,1H3,(H,25,28). The van der Waals surface area contributed by atoms with Crippen molar-refractivity contribution in [3.05, 3.63) is 77.2 Å². The number of aryl methyl sites for hydroxylation is 1. The van der Waals surface area contributed by atoms with Crippen LogP contribution in [-0.2, 0) is 11.2 Å². The van der Waals surface area contributed by atoms with Crippen molar-refractivity contribution < 1.29 is 13.9 Å². The maximum atomic E-state index is 12.9. The highest BCUT2D eigenvalue weighted by Crippen LogP contribution is 2.37. The number of nitrogens with one attached hydrogen (secondary N) is 1. The molecule has 0 radical (unpaired) electrons. The average Bonchev–Trinajstić information content (AvgIpc) is 3.19. The molecule has 7 heteroatoms. The third-order valence-electron chi connectivity index (χ3n) is 4.69. The summed E-state index contributed by atoms with van der Waals surface area (Å²) in [6.07, 6.45) is 2.06. The highest BCUT2D eigenvalue weighted by molar-refractivity contribution is 7.17. The van der Waals surface area contributed by atoms with E-state index in [0.717, 1.165) is 26.9 Å². The number of carbonyl (C=O) groups excluding carboxylic acids is 1. The third-order valence-corrected chi connectivity index (χ3v) is 5.57. The Morgan fingerprint density at radius 3 is 2.63 bits per heavy atom. The Hall–Kier alpha value is -3.32. The molecular weight excluding hydrogens is 401 g/mol. The van der Waals surface area contributed by atoms with Gasteiger partial charge in [-0.05, 0) is 36.6 Å². The Labute approximate surface area is 177 Å². The minimum absolute atomic E-state index is 0.140. The van der Waals surface area contributed by atoms with Gasteiger partial charge in [0.2, 0.25) is 5.88 Å². The van der Waals surface area contributed by atoms with Gasteiger partial charge in [-0.2, -0.15) is 0 Å². The minimum atomic E-state index is -0.272. The molecule has 152 valence electrons. The Bertz CT molecular complexity index is 1160. The Morgan fingerprint density at radius 1 is 1.10 bits per heavy atom. The molecule has 0 fully saturated rings. The molecule has 0 aliphatic heterocycles. The summed E-state index contributed by atoms with van der Waals surface area (Å²) >= 11 is 1.52. The second-order valence-corrected chi connectivity index (χ2v) is 7.75. The smallest absolute Gasteiger partial charge is 0.258 e. The molecule has 0 atom stereocenters. The van der Waals surface area contributed by atoms with Crippen molar-refractivity contribution in [3.63, 3.8) is 0 Å². The predicted molar refractivity (Wildman–Crippen MR) is 116 cm³/mol. The van der Waals surface area contributed by atoms with Crippen LogP contribution in [0, 0.1) is 12.7 Å². The first kappa shape index (κ1) is 20.0. The molecule has 0 unspecified atom stereocenters. The zero-order chi connectivity index (χ0) is 20.9. The fraction of sp³-hybridized carbons (Fsp3) is 0.174. The fourth-order valence-corrected chi connectivity index (χ4v) is 3.99. The molecule has 0 spiro atoms. The van der Waals surface area contributed by atoms with Crippen LogP contribution in [0.1, 0.15) is 11.1 Å². The zero-order valence-corrected chi connectivity index (χ0v) is 17.2. The number of hydrogen-bond acceptors (Lipinski definition) is 5. The molecule has 2 aromatic heterocycles. The topological polar surface area (TPSA) is 64.1 Å². The molecule has 1 N–H and O–H groups in total. The lowest BCUT2D eigenvalue weighted by Gasteiger charge is -2.09. The minimum Gasteiger partial charge on any atom is -0.467 e. The lowest BCUT2D eigenvalue weighted by molar-refractivity contribution is -0.123. The van der Waals surface area contributed by atoms with E-state index in [-0.39, 0.29) is 18.3 Å². The molecular formula is C23H20FN3O2S. The van der Waals surface area contributed by atoms with E-state index in [9.17, 15) is 9.18 Å². The van der Waals surface area contributed by atoms with Gasteiger partial charge in [-0.15, -0.1) is 11.3 Å². The van der Waals surface area contributed by atoms with E-state index in [1.165, 1.54) is 35.4 Å². The molecule has 1 amide bonds. The van der Waals surface area contributed by atoms with Crippen LogP contribution in [0.15, 0.2) is 60.2 Å². The highest BCUT2D eigenvalue weighted by atomic mass is 32.1. The van der Waals surface area contributed by atoms with Crippen LogP contribution < -0.4 is 10.1 Å². The van der Waals surface area contributed by atoms with Gasteiger partial charge < -0.3 is 10.1 Å². The molecule has 0 saturated heterocycles. The quantitative estimate of drug-likeness (QED) is 0.476. The molecule has 2 heterocycles. The summed E-state index contributed by atoms with van der Waals surface area (Å²) in [6.45, 7) is 2.35. The lowest BCUT2D eigenvalue weighted by Crippen LogP contribution is -2.30. The molecule has 5 nitrogen and oxygen atoms in total. The first-order valence-electron chi connectivity index (χ1n) is 9.53. The summed E-state index contributed by atoms with van der Waals surface area (Å²) in [6, 6.07) is 14.4. The molecule has 0 aliphatic carbocycles. The zero-order valence-electron chi connectivity index (χ0n) is 16.4. The molecule has 4 aromatic rings. The number of nitrogens with zero attached hydrogens (tertiary/aromatic N) is 2. The summed E-state index contributed by atoms with van der Waals surface area (Å²) in [5.41, 5.74) is 4.18. The molecule has 0 saturated carbocycles. The number of carbonyl (C=O) groups is 1. The normalized spacial score (nSPS) is 10.9. The van der Waals surface area contributed by atoms with E-state index in [1.54, 1.807) is 12.1 Å². The van der Waals surface area contributed by atoms with Crippen molar-refractivity contribution in [2.45, 2.75) is 13.3 Å². The first-order chi connectivity index (χ1) is 14.6. The average molecular weight is 421 g/mol. The van der Waals surface area contributed by atoms with Gasteiger partial charge >= 0.3 is 0 Å². The van der Waals surface area contributed by atoms with Crippen LogP contribution in [0.25, 0.3) is 21.3 Å². The Balaban J connectivity index is 1.41. The second kappa shape index (κ2) is 9.00. The molecule has 0 bridgehead atoms. The van der Waals surface area contributed by atoms with Gasteiger partial charge in [0.25, 0.3) is 5.91 Å². The van der Waals surface area contributed by atoms with E-state index in [4.69, 9.17) is 4.74 Å². The first-order valence-corrected chi connectivity index (χ1v) is 10.4.